The van der Waals surface area contributed by atoms with Gasteiger partial charge in [0.1, 0.15) is 24.4 Å². The fraction of sp³-hybridized carbons (Fsp3) is 0.853. The summed E-state index contributed by atoms with van der Waals surface area (Å²) >= 11 is 0. The van der Waals surface area contributed by atoms with E-state index in [1.807, 2.05) is 6.08 Å². The normalized spacial score (nSPS) is 18.5. The van der Waals surface area contributed by atoms with Crippen LogP contribution >= 0.6 is 0 Å². The number of aliphatic hydroxyl groups excluding tert-OH is 5. The number of carbonyl (C=O) groups excluding carboxylic acids is 1. The second-order valence-electron chi connectivity index (χ2n) is 25.4. The van der Waals surface area contributed by atoms with Crippen molar-refractivity contribution >= 4 is 5.91 Å². The summed E-state index contributed by atoms with van der Waals surface area (Å²) < 4.78 is 11.3. The van der Waals surface area contributed by atoms with Crippen LogP contribution in [0.5, 0.6) is 0 Å². The zero-order chi connectivity index (χ0) is 60.7. The Morgan fingerprint density at radius 2 is 0.714 bits per heavy atom. The number of allylic oxidation sites excluding steroid dienone is 9. The summed E-state index contributed by atoms with van der Waals surface area (Å²) in [5.41, 5.74) is 0. The molecule has 9 heteroatoms. The second kappa shape index (κ2) is 63.9. The first-order valence-electron chi connectivity index (χ1n) is 36.5. The number of hydrogen-bond donors (Lipinski definition) is 6. The Kier molecular flexibility index (Phi) is 60.8. The van der Waals surface area contributed by atoms with Gasteiger partial charge >= 0.3 is 0 Å². The van der Waals surface area contributed by atoms with E-state index in [9.17, 15) is 30.3 Å². The molecule has 0 aromatic carbocycles. The quantitative estimate of drug-likeness (QED) is 0.0261. The molecular weight excluding hydrogens is 1040 g/mol. The highest BCUT2D eigenvalue weighted by Gasteiger charge is 2.44. The van der Waals surface area contributed by atoms with Crippen LogP contribution in [-0.4, -0.2) is 87.5 Å². The molecule has 7 unspecified atom stereocenters. The monoisotopic (exact) mass is 1180 g/mol. The van der Waals surface area contributed by atoms with Crippen molar-refractivity contribution in [2.75, 3.05) is 13.2 Å². The number of carbonyl (C=O) groups is 1. The van der Waals surface area contributed by atoms with Gasteiger partial charge < -0.3 is 40.3 Å². The molecule has 1 heterocycles. The molecule has 7 atom stereocenters. The standard InChI is InChI=1S/C75H139NO8/c1-3-5-7-9-11-13-15-17-19-21-23-25-27-29-31-32-33-34-35-36-37-38-39-41-43-45-47-49-51-53-55-57-59-61-63-65-71(79)76-68(67-83-75-74(82)73(81)72(80)70(66-77)84-75)69(78)64-62-60-58-56-54-52-50-48-46-44-42-40-30-28-26-24-22-20-18-16-14-12-10-8-6-4-2/h15,17,21,23,27,29,54,56,62,64,68-70,72-75,77-78,80-82H,3-14,16,18-20,22,24-26,28,30-53,55,57-61,63,65-67H2,1-2H3,(H,76,79)/b17-15-,23-21-,29-27-,56-54+,64-62+. The molecular formula is C75H139NO8. The van der Waals surface area contributed by atoms with E-state index in [1.165, 1.54) is 283 Å². The minimum atomic E-state index is -1.57. The van der Waals surface area contributed by atoms with Crippen LogP contribution in [0.15, 0.2) is 60.8 Å². The third-order valence-corrected chi connectivity index (χ3v) is 17.3. The van der Waals surface area contributed by atoms with Gasteiger partial charge in [-0.05, 0) is 70.6 Å². The molecule has 1 rings (SSSR count). The lowest BCUT2D eigenvalue weighted by molar-refractivity contribution is -0.302. The maximum Gasteiger partial charge on any atom is 0.220 e. The average molecular weight is 1180 g/mol. The van der Waals surface area contributed by atoms with Crippen molar-refractivity contribution in [1.82, 2.24) is 5.32 Å². The van der Waals surface area contributed by atoms with Crippen LogP contribution in [0.25, 0.3) is 0 Å². The van der Waals surface area contributed by atoms with Crippen molar-refractivity contribution in [2.45, 2.75) is 397 Å². The van der Waals surface area contributed by atoms with Gasteiger partial charge in [-0.25, -0.2) is 0 Å². The molecule has 1 fully saturated rings. The minimum absolute atomic E-state index is 0.181. The zero-order valence-corrected chi connectivity index (χ0v) is 55.2. The predicted octanol–water partition coefficient (Wildman–Crippen LogP) is 20.1. The van der Waals surface area contributed by atoms with Crippen molar-refractivity contribution in [3.63, 3.8) is 0 Å². The van der Waals surface area contributed by atoms with Crippen molar-refractivity contribution < 1.29 is 39.8 Å². The van der Waals surface area contributed by atoms with Gasteiger partial charge in [-0.1, -0.05) is 338 Å². The molecule has 1 saturated heterocycles. The molecule has 1 amide bonds. The van der Waals surface area contributed by atoms with Gasteiger partial charge in [0.25, 0.3) is 0 Å². The fourth-order valence-corrected chi connectivity index (χ4v) is 11.6. The van der Waals surface area contributed by atoms with Crippen molar-refractivity contribution in [1.29, 1.82) is 0 Å². The van der Waals surface area contributed by atoms with Crippen molar-refractivity contribution in [3.05, 3.63) is 60.8 Å². The van der Waals surface area contributed by atoms with Crippen LogP contribution in [0, 0.1) is 0 Å². The lowest BCUT2D eigenvalue weighted by Crippen LogP contribution is -2.60. The van der Waals surface area contributed by atoms with E-state index in [1.54, 1.807) is 6.08 Å². The molecule has 0 spiro atoms. The second-order valence-corrected chi connectivity index (χ2v) is 25.4. The smallest absolute Gasteiger partial charge is 0.220 e. The van der Waals surface area contributed by atoms with Gasteiger partial charge in [0.15, 0.2) is 6.29 Å². The molecule has 9 nitrogen and oxygen atoms in total. The number of hydrogen-bond acceptors (Lipinski definition) is 8. The molecule has 84 heavy (non-hydrogen) atoms. The van der Waals surface area contributed by atoms with Crippen molar-refractivity contribution in [2.24, 2.45) is 0 Å². The van der Waals surface area contributed by atoms with Crippen molar-refractivity contribution in [3.8, 4) is 0 Å². The molecule has 1 aliphatic heterocycles. The molecule has 6 N–H and O–H groups in total. The summed E-state index contributed by atoms with van der Waals surface area (Å²) in [6, 6.07) is -0.824. The Morgan fingerprint density at radius 1 is 0.405 bits per heavy atom. The van der Waals surface area contributed by atoms with Gasteiger partial charge in [-0.3, -0.25) is 4.79 Å². The van der Waals surface area contributed by atoms with Crippen LogP contribution in [0.1, 0.15) is 354 Å². The van der Waals surface area contributed by atoms with Gasteiger partial charge in [0.2, 0.25) is 5.91 Å². The number of aliphatic hydroxyl groups is 5. The Balaban J connectivity index is 2.12. The van der Waals surface area contributed by atoms with Crippen LogP contribution in [0.2, 0.25) is 0 Å². The maximum atomic E-state index is 13.1. The third-order valence-electron chi connectivity index (χ3n) is 17.3. The van der Waals surface area contributed by atoms with E-state index in [0.717, 1.165) is 51.4 Å². The first-order valence-corrected chi connectivity index (χ1v) is 36.5. The summed E-state index contributed by atoms with van der Waals surface area (Å²) in [6.45, 7) is 3.80. The summed E-state index contributed by atoms with van der Waals surface area (Å²) in [5, 5.41) is 54.8. The van der Waals surface area contributed by atoms with Crippen LogP contribution in [-0.2, 0) is 14.3 Å². The lowest BCUT2D eigenvalue weighted by atomic mass is 9.99. The summed E-state index contributed by atoms with van der Waals surface area (Å²) in [7, 11) is 0. The fourth-order valence-electron chi connectivity index (χ4n) is 11.6. The van der Waals surface area contributed by atoms with Gasteiger partial charge in [0.05, 0.1) is 25.4 Å². The molecule has 0 aromatic rings. The molecule has 492 valence electrons. The number of unbranched alkanes of at least 4 members (excludes halogenated alkanes) is 46. The predicted molar refractivity (Wildman–Crippen MR) is 359 cm³/mol. The van der Waals surface area contributed by atoms with Gasteiger partial charge in [0, 0.05) is 6.42 Å². The van der Waals surface area contributed by atoms with Gasteiger partial charge in [-0.15, -0.1) is 0 Å². The van der Waals surface area contributed by atoms with E-state index in [4.69, 9.17) is 9.47 Å². The molecule has 1 aliphatic rings. The van der Waals surface area contributed by atoms with E-state index < -0.39 is 49.5 Å². The zero-order valence-electron chi connectivity index (χ0n) is 55.2. The lowest BCUT2D eigenvalue weighted by Gasteiger charge is -2.40. The van der Waals surface area contributed by atoms with Crippen LogP contribution < -0.4 is 5.32 Å². The number of nitrogens with one attached hydrogen (secondary N) is 1. The first-order chi connectivity index (χ1) is 41.3. The topological polar surface area (TPSA) is 149 Å². The molecule has 0 aliphatic carbocycles. The number of amides is 1. The summed E-state index contributed by atoms with van der Waals surface area (Å²) in [4.78, 5) is 13.1. The van der Waals surface area contributed by atoms with E-state index >= 15 is 0 Å². The molecule has 0 radical (unpaired) electrons. The Hall–Kier alpha value is -2.11. The van der Waals surface area contributed by atoms with E-state index in [2.05, 4.69) is 67.8 Å². The number of ether oxygens (including phenoxy) is 2. The average Bonchev–Trinajstić information content (AvgIpc) is 3.70. The van der Waals surface area contributed by atoms with E-state index in [-0.39, 0.29) is 12.5 Å². The number of rotatable bonds is 64. The van der Waals surface area contributed by atoms with Crippen LogP contribution in [0.3, 0.4) is 0 Å². The highest BCUT2D eigenvalue weighted by Crippen LogP contribution is 2.23. The Labute approximate surface area is 519 Å². The maximum absolute atomic E-state index is 13.1. The highest BCUT2D eigenvalue weighted by molar-refractivity contribution is 5.76. The van der Waals surface area contributed by atoms with Gasteiger partial charge in [-0.2, -0.15) is 0 Å². The molecule has 0 bridgehead atoms. The minimum Gasteiger partial charge on any atom is -0.394 e. The van der Waals surface area contributed by atoms with E-state index in [0.29, 0.717) is 6.42 Å². The first kappa shape index (κ1) is 79.9. The third kappa shape index (κ3) is 51.9. The summed E-state index contributed by atoms with van der Waals surface area (Å²) in [5.74, 6) is -0.181. The highest BCUT2D eigenvalue weighted by atomic mass is 16.7. The van der Waals surface area contributed by atoms with Crippen LogP contribution in [0.4, 0.5) is 0 Å². The summed E-state index contributed by atoms with van der Waals surface area (Å²) in [6.07, 6.45) is 82.0. The SMILES string of the molecule is CCCCCCC/C=C\C/C=C\C/C=C\CCCCCCCCCCCCCCCCCCCCCCC(=O)NC(COC1OC(CO)C(O)C(O)C1O)C(O)/C=C/CC/C=C/CCCCCCCCCCCCCCCCCCCCCC. The molecule has 0 saturated carbocycles. The largest absolute Gasteiger partial charge is 0.394 e. The Morgan fingerprint density at radius 3 is 1.08 bits per heavy atom. The Bertz CT molecular complexity index is 1510. The molecule has 0 aromatic heterocycles.